The van der Waals surface area contributed by atoms with Crippen molar-refractivity contribution in [3.63, 3.8) is 0 Å². The van der Waals surface area contributed by atoms with E-state index in [2.05, 4.69) is 42.5 Å². The Morgan fingerprint density at radius 3 is 0.383 bits per heavy atom. The van der Waals surface area contributed by atoms with Crippen molar-refractivity contribution >= 4 is 119 Å². The second kappa shape index (κ2) is 73.2. The fourth-order valence-electron chi connectivity index (χ4n) is 15.5. The van der Waals surface area contributed by atoms with Crippen LogP contribution in [0, 0.1) is 165 Å². The van der Waals surface area contributed by atoms with Crippen LogP contribution in [0.25, 0.3) is 0 Å². The van der Waals surface area contributed by atoms with Crippen LogP contribution >= 0.6 is 0 Å². The standard InChI is InChI=1S/C81H140N24O32.4Gd/c1-57(102-29-21-94(45-69(118)119)13-5-90(41-65(110)111)6-14-95(22-30-102)46-70(120)121)77(134)82-37-61(106)86-53-81(54-87-62(107)38-83-78(135)58(2)103-31-23-96(47-71(122)123)15-7-91(42-66(112)113)8-16-97(24-32-103)48-72(124)125,55-88-63(108)39-84-79(136)59(3)104-33-25-98(49-73(126)127)17-9-92(43-67(114)115)10-18-99(26-34-104)50-74(128)129)56-89-64(109)40-85-80(137)60(4)105-35-27-100(51-75(130)131)19-11-93(44-68(116)117)12-20-101(28-36-105)52-76(132)133;;;;/h57-60H,5-56H2,1-4H3,(H,82,134)(H,83,135)(H,84,136)(H,85,137)(H,86,106)(H,87,107)(H,88,108)(H,89,109)(H,110,111)(H,112,113)(H,114,115)(H,116,117)(H,118,119)(H,120,121)(H,122,123)(H,124,125)(H,126,127)(H,128,129)(H,130,131)(H,132,133);;;;/q;4*+3/p-12. The van der Waals surface area contributed by atoms with Gasteiger partial charge in [0.1, 0.15) is 0 Å². The molecule has 4 atom stereocenters. The molecule has 8 amide bonds. The summed E-state index contributed by atoms with van der Waals surface area (Å²) in [5, 5.41) is 163. The summed E-state index contributed by atoms with van der Waals surface area (Å²) in [6.45, 7) is -10.0. The third-order valence-electron chi connectivity index (χ3n) is 23.8. The molecule has 4 radical (unpaired) electrons. The first-order valence-electron chi connectivity index (χ1n) is 44.8. The van der Waals surface area contributed by atoms with E-state index in [0.717, 1.165) is 0 Å². The predicted octanol–water partition coefficient (Wildman–Crippen LogP) is -29.7. The monoisotopic (exact) mass is 2580 g/mol. The van der Waals surface area contributed by atoms with Crippen LogP contribution in [-0.4, -0.2) is 562 Å². The Bertz CT molecular complexity index is 3420. The third-order valence-corrected chi connectivity index (χ3v) is 23.8. The van der Waals surface area contributed by atoms with Crippen molar-refractivity contribution in [3.05, 3.63) is 0 Å². The minimum Gasteiger partial charge on any atom is -0.549 e. The Balaban J connectivity index is 0.0000490. The van der Waals surface area contributed by atoms with Crippen LogP contribution in [0.2, 0.25) is 0 Å². The maximum atomic E-state index is 14.4. The average Bonchev–Trinajstić information content (AvgIpc) is 0.844. The molecule has 8 N–H and O–H groups in total. The van der Waals surface area contributed by atoms with Crippen molar-refractivity contribution in [2.45, 2.75) is 51.9 Å². The Kier molecular flexibility index (Phi) is 70.1. The molecule has 0 aromatic rings. The minimum atomic E-state index is -1.93. The largest absolute Gasteiger partial charge is 3.00 e. The van der Waals surface area contributed by atoms with Crippen molar-refractivity contribution < 1.29 is 317 Å². The molecule has 141 heavy (non-hydrogen) atoms. The van der Waals surface area contributed by atoms with Gasteiger partial charge < -0.3 is 161 Å². The number of rotatable bonds is 48. The van der Waals surface area contributed by atoms with Crippen molar-refractivity contribution in [3.8, 4) is 0 Å². The number of carboxylic acids is 12. The van der Waals surface area contributed by atoms with Crippen LogP contribution in [0.15, 0.2) is 0 Å². The van der Waals surface area contributed by atoms with Gasteiger partial charge in [0.15, 0.2) is 0 Å². The summed E-state index contributed by atoms with van der Waals surface area (Å²) in [6, 6.07) is -4.76. The molecule has 0 aromatic carbocycles. The van der Waals surface area contributed by atoms with Gasteiger partial charge in [0.05, 0.1) is 122 Å². The SMILES string of the molecule is CC(C(=O)NCC(=O)NCC(CNC(=O)CNC(=O)C(C)N1CCN(CC(=O)[O-])CCN(CC(=O)[O-])CCN(CC(=O)[O-])CC1)(CNC(=O)CNC(=O)C(C)N1CCN(CC(=O)[O-])CCN(CC(=O)[O-])CCN(CC(=O)[O-])CC1)CNC(=O)CNC(=O)C(C)N1CCN(CC(=O)[O-])CCN(CC(=O)[O-])CCN(CC(=O)[O-])CC1)N1CCN(CC(=O)[O-])CCN(CC(=O)[O-])CCN(CC(=O)[O-])CC1.[Gd+3].[Gd+3].[Gd+3].[Gd+3]. The van der Waals surface area contributed by atoms with E-state index in [1.807, 2.05) is 0 Å². The van der Waals surface area contributed by atoms with E-state index in [0.29, 0.717) is 0 Å². The number of carboxylic acid groups (broad SMARTS) is 12. The quantitative estimate of drug-likeness (QED) is 0.0280. The molecule has 0 aromatic heterocycles. The second-order valence-electron chi connectivity index (χ2n) is 34.1. The molecule has 0 saturated carbocycles. The maximum Gasteiger partial charge on any atom is 3.00 e. The second-order valence-corrected chi connectivity index (χ2v) is 34.1. The molecule has 4 unspecified atom stereocenters. The predicted molar refractivity (Wildman–Crippen MR) is 448 cm³/mol. The van der Waals surface area contributed by atoms with E-state index in [-0.39, 0.29) is 369 Å². The zero-order valence-corrected chi connectivity index (χ0v) is 88.3. The molecule has 4 fully saturated rings. The van der Waals surface area contributed by atoms with Gasteiger partial charge in [0, 0.05) is 320 Å². The molecule has 4 aliphatic rings. The number of aliphatic carboxylic acids is 12. The zero-order valence-electron chi connectivity index (χ0n) is 79.2. The molecule has 4 rings (SSSR count). The van der Waals surface area contributed by atoms with Gasteiger partial charge in [-0.3, -0.25) is 117 Å². The Labute approximate surface area is 944 Å². The van der Waals surface area contributed by atoms with E-state index >= 15 is 0 Å². The van der Waals surface area contributed by atoms with Crippen LogP contribution in [0.3, 0.4) is 0 Å². The number of amides is 8. The summed E-state index contributed by atoms with van der Waals surface area (Å²) in [6.07, 6.45) is 0. The van der Waals surface area contributed by atoms with Crippen LogP contribution < -0.4 is 104 Å². The summed E-state index contributed by atoms with van der Waals surface area (Å²) in [4.78, 5) is 281. The number of carbonyl (C=O) groups excluding carboxylic acids is 20. The summed E-state index contributed by atoms with van der Waals surface area (Å²) in [5.74, 6) is -25.2. The van der Waals surface area contributed by atoms with Crippen LogP contribution in [-0.2, 0) is 95.9 Å². The first-order chi connectivity index (χ1) is 64.6. The van der Waals surface area contributed by atoms with Gasteiger partial charge >= 0.3 is 160 Å². The zero-order chi connectivity index (χ0) is 102. The van der Waals surface area contributed by atoms with Gasteiger partial charge in [-0.1, -0.05) is 0 Å². The van der Waals surface area contributed by atoms with Crippen molar-refractivity contribution in [1.82, 2.24) is 121 Å². The van der Waals surface area contributed by atoms with E-state index in [9.17, 15) is 157 Å². The molecular weight excluding hydrogens is 2450 g/mol. The summed E-state index contributed by atoms with van der Waals surface area (Å²) in [7, 11) is 0. The van der Waals surface area contributed by atoms with E-state index < -0.39 is 279 Å². The van der Waals surface area contributed by atoms with Crippen molar-refractivity contribution in [2.75, 3.05) is 340 Å². The van der Waals surface area contributed by atoms with Gasteiger partial charge in [-0.15, -0.1) is 0 Å². The van der Waals surface area contributed by atoms with Crippen LogP contribution in [0.5, 0.6) is 0 Å². The first-order valence-corrected chi connectivity index (χ1v) is 44.8. The summed E-state index contributed by atoms with van der Waals surface area (Å²) >= 11 is 0. The molecule has 0 bridgehead atoms. The summed E-state index contributed by atoms with van der Waals surface area (Å²) < 4.78 is 0. The van der Waals surface area contributed by atoms with Gasteiger partial charge in [0.2, 0.25) is 47.3 Å². The van der Waals surface area contributed by atoms with E-state index in [1.54, 1.807) is 19.6 Å². The molecular formula is C81H128Gd4N24O32. The molecule has 0 aliphatic carbocycles. The van der Waals surface area contributed by atoms with E-state index in [4.69, 9.17) is 0 Å². The van der Waals surface area contributed by atoms with Gasteiger partial charge in [-0.2, -0.15) is 0 Å². The number of nitrogens with one attached hydrogen (secondary N) is 8. The minimum absolute atomic E-state index is 0. The number of carbonyl (C=O) groups is 20. The van der Waals surface area contributed by atoms with Crippen molar-refractivity contribution in [1.29, 1.82) is 0 Å². The fraction of sp³-hybridized carbons (Fsp3) is 0.753. The Morgan fingerprint density at radius 1 is 0.184 bits per heavy atom. The smallest absolute Gasteiger partial charge is 0.549 e. The number of nitrogens with zero attached hydrogens (tertiary/aromatic N) is 16. The van der Waals surface area contributed by atoms with Crippen molar-refractivity contribution in [2.24, 2.45) is 5.41 Å². The first kappa shape index (κ1) is 135. The Morgan fingerprint density at radius 2 is 0.284 bits per heavy atom. The normalized spacial score (nSPS) is 19.0. The molecule has 0 spiro atoms. The number of hydrogen-bond acceptors (Lipinski definition) is 48. The molecule has 796 valence electrons. The third kappa shape index (κ3) is 59.6. The molecule has 4 aliphatic heterocycles. The van der Waals surface area contributed by atoms with Gasteiger partial charge in [0.25, 0.3) is 0 Å². The molecule has 56 nitrogen and oxygen atoms in total. The summed E-state index contributed by atoms with van der Waals surface area (Å²) in [5.41, 5.74) is -1.93. The fourth-order valence-corrected chi connectivity index (χ4v) is 15.5. The van der Waals surface area contributed by atoms with E-state index in [1.165, 1.54) is 86.5 Å². The topological polar surface area (TPSA) is 766 Å². The average molecular weight is 2580 g/mol. The van der Waals surface area contributed by atoms with Gasteiger partial charge in [-0.05, 0) is 27.7 Å². The van der Waals surface area contributed by atoms with Gasteiger partial charge in [-0.25, -0.2) is 0 Å². The maximum absolute atomic E-state index is 14.4. The molecule has 60 heteroatoms. The van der Waals surface area contributed by atoms with Crippen LogP contribution in [0.4, 0.5) is 0 Å². The Hall–Kier alpha value is -5.94. The van der Waals surface area contributed by atoms with Crippen LogP contribution in [0.1, 0.15) is 27.7 Å². The molecule has 4 heterocycles. The molecule has 4 saturated heterocycles. The number of hydrogen-bond donors (Lipinski definition) is 8.